The molecule has 1 N–H and O–H groups in total. The lowest BCUT2D eigenvalue weighted by Crippen LogP contribution is -2.43. The lowest BCUT2D eigenvalue weighted by molar-refractivity contribution is 0.0922. The van der Waals surface area contributed by atoms with Crippen molar-refractivity contribution in [2.24, 2.45) is 0 Å². The molecule has 4 rings (SSSR count). The van der Waals surface area contributed by atoms with Gasteiger partial charge in [0.1, 0.15) is 18.1 Å². The van der Waals surface area contributed by atoms with E-state index >= 15 is 0 Å². The lowest BCUT2D eigenvalue weighted by atomic mass is 10.1. The molecule has 6 heteroatoms. The van der Waals surface area contributed by atoms with Gasteiger partial charge in [-0.1, -0.05) is 30.3 Å². The highest BCUT2D eigenvalue weighted by Crippen LogP contribution is 2.39. The molecule has 0 spiro atoms. The predicted octanol–water partition coefficient (Wildman–Crippen LogP) is 2.91. The van der Waals surface area contributed by atoms with Crippen molar-refractivity contribution in [1.29, 1.82) is 0 Å². The maximum Gasteiger partial charge on any atom is 0.265 e. The molecule has 2 aliphatic heterocycles. The molecule has 132 valence electrons. The molecule has 0 saturated carbocycles. The monoisotopic (exact) mass is 358 g/mol. The van der Waals surface area contributed by atoms with Gasteiger partial charge in [-0.05, 0) is 18.9 Å². The first-order chi connectivity index (χ1) is 12.2. The van der Waals surface area contributed by atoms with Crippen molar-refractivity contribution in [3.63, 3.8) is 0 Å². The second kappa shape index (κ2) is 7.06. The van der Waals surface area contributed by atoms with Gasteiger partial charge in [0.05, 0.1) is 0 Å². The summed E-state index contributed by atoms with van der Waals surface area (Å²) in [7, 11) is 0. The first-order valence-corrected chi connectivity index (χ1v) is 9.56. The largest absolute Gasteiger partial charge is 0.485 e. The van der Waals surface area contributed by atoms with E-state index in [4.69, 9.17) is 9.47 Å². The van der Waals surface area contributed by atoms with Crippen LogP contribution in [0.5, 0.6) is 11.5 Å². The van der Waals surface area contributed by atoms with Crippen LogP contribution in [0.3, 0.4) is 0 Å². The Morgan fingerprint density at radius 3 is 2.92 bits per heavy atom. The molecule has 1 aromatic carbocycles. The lowest BCUT2D eigenvalue weighted by Gasteiger charge is -2.25. The maximum absolute atomic E-state index is 12.7. The number of carbonyl (C=O) groups excluding carboxylic acids is 1. The number of likely N-dealkylation sites (tertiary alicyclic amines) is 1. The third-order valence-electron chi connectivity index (χ3n) is 4.94. The molecule has 2 atom stereocenters. The normalized spacial score (nSPS) is 22.8. The molecule has 3 heterocycles. The minimum absolute atomic E-state index is 0.0600. The van der Waals surface area contributed by atoms with Crippen LogP contribution in [0.15, 0.2) is 35.7 Å². The molecule has 1 fully saturated rings. The fraction of sp³-hybridized carbons (Fsp3) is 0.421. The fourth-order valence-corrected chi connectivity index (χ4v) is 4.32. The zero-order chi connectivity index (χ0) is 17.2. The van der Waals surface area contributed by atoms with E-state index in [9.17, 15) is 4.79 Å². The zero-order valence-corrected chi connectivity index (χ0v) is 15.1. The first-order valence-electron chi connectivity index (χ1n) is 8.68. The number of hydrogen-bond acceptors (Lipinski definition) is 5. The molecule has 25 heavy (non-hydrogen) atoms. The van der Waals surface area contributed by atoms with E-state index in [-0.39, 0.29) is 11.9 Å². The number of benzene rings is 1. The van der Waals surface area contributed by atoms with Crippen LogP contribution in [0.25, 0.3) is 0 Å². The van der Waals surface area contributed by atoms with Crippen molar-refractivity contribution in [3.05, 3.63) is 46.2 Å². The quantitative estimate of drug-likeness (QED) is 0.913. The average molecular weight is 358 g/mol. The van der Waals surface area contributed by atoms with E-state index in [0.717, 1.165) is 19.5 Å². The number of nitrogens with one attached hydrogen (secondary N) is 1. The van der Waals surface area contributed by atoms with E-state index in [1.807, 2.05) is 11.4 Å². The summed E-state index contributed by atoms with van der Waals surface area (Å²) >= 11 is 1.39. The van der Waals surface area contributed by atoms with Crippen molar-refractivity contribution in [2.45, 2.75) is 32.0 Å². The van der Waals surface area contributed by atoms with Crippen LogP contribution in [0, 0.1) is 0 Å². The van der Waals surface area contributed by atoms with E-state index in [2.05, 4.69) is 41.4 Å². The molecule has 2 aromatic rings. The zero-order valence-electron chi connectivity index (χ0n) is 14.2. The summed E-state index contributed by atoms with van der Waals surface area (Å²) in [6, 6.07) is 10.9. The number of carbonyl (C=O) groups is 1. The third kappa shape index (κ3) is 3.37. The number of thiophene rings is 1. The van der Waals surface area contributed by atoms with Gasteiger partial charge < -0.3 is 14.8 Å². The number of hydrogen-bond donors (Lipinski definition) is 1. The summed E-state index contributed by atoms with van der Waals surface area (Å²) < 4.78 is 11.1. The van der Waals surface area contributed by atoms with Gasteiger partial charge in [-0.2, -0.15) is 0 Å². The molecule has 0 aliphatic carbocycles. The molecule has 5 nitrogen and oxygen atoms in total. The Morgan fingerprint density at radius 1 is 1.28 bits per heavy atom. The average Bonchev–Trinajstić information content (AvgIpc) is 3.21. The third-order valence-corrected chi connectivity index (χ3v) is 5.88. The first kappa shape index (κ1) is 16.4. The fourth-order valence-electron chi connectivity index (χ4n) is 3.49. The van der Waals surface area contributed by atoms with Crippen molar-refractivity contribution in [3.8, 4) is 11.5 Å². The highest BCUT2D eigenvalue weighted by molar-refractivity contribution is 7.12. The molecule has 1 aromatic heterocycles. The molecular weight excluding hydrogens is 336 g/mol. The minimum Gasteiger partial charge on any atom is -0.485 e. The van der Waals surface area contributed by atoms with Crippen molar-refractivity contribution in [1.82, 2.24) is 10.2 Å². The summed E-state index contributed by atoms with van der Waals surface area (Å²) in [6.07, 6.45) is 0.963. The second-order valence-electron chi connectivity index (χ2n) is 6.52. The van der Waals surface area contributed by atoms with Gasteiger partial charge in [0, 0.05) is 30.6 Å². The van der Waals surface area contributed by atoms with Gasteiger partial charge in [-0.25, -0.2) is 0 Å². The Bertz CT molecular complexity index is 746. The Kier molecular flexibility index (Phi) is 4.63. The van der Waals surface area contributed by atoms with Gasteiger partial charge in [0.25, 0.3) is 5.91 Å². The second-order valence-corrected chi connectivity index (χ2v) is 7.40. The van der Waals surface area contributed by atoms with Crippen molar-refractivity contribution >= 4 is 17.2 Å². The Balaban J connectivity index is 1.40. The molecule has 2 unspecified atom stereocenters. The summed E-state index contributed by atoms with van der Waals surface area (Å²) in [6.45, 7) is 5.13. The Morgan fingerprint density at radius 2 is 2.08 bits per heavy atom. The molecular formula is C19H22N2O3S. The molecule has 2 aliphatic rings. The summed E-state index contributed by atoms with van der Waals surface area (Å²) in [5.41, 5.74) is 1.30. The van der Waals surface area contributed by atoms with Crippen LogP contribution in [0.4, 0.5) is 0 Å². The highest BCUT2D eigenvalue weighted by Gasteiger charge is 2.33. The van der Waals surface area contributed by atoms with E-state index in [0.29, 0.717) is 35.6 Å². The molecule has 0 radical (unpaired) electrons. The van der Waals surface area contributed by atoms with Gasteiger partial charge in [-0.3, -0.25) is 9.69 Å². The minimum atomic E-state index is -0.0600. The number of amides is 1. The predicted molar refractivity (Wildman–Crippen MR) is 97.5 cm³/mol. The SMILES string of the molecule is CC1C(NC(=O)c2scc3c2OCCO3)CCN1Cc1ccccc1. The smallest absolute Gasteiger partial charge is 0.265 e. The topological polar surface area (TPSA) is 50.8 Å². The van der Waals surface area contributed by atoms with Crippen LogP contribution >= 0.6 is 11.3 Å². The summed E-state index contributed by atoms with van der Waals surface area (Å²) in [4.78, 5) is 15.7. The number of nitrogens with zero attached hydrogens (tertiary/aromatic N) is 1. The van der Waals surface area contributed by atoms with Crippen LogP contribution in [0.2, 0.25) is 0 Å². The highest BCUT2D eigenvalue weighted by atomic mass is 32.1. The van der Waals surface area contributed by atoms with E-state index in [1.165, 1.54) is 16.9 Å². The molecule has 0 bridgehead atoms. The van der Waals surface area contributed by atoms with Crippen LogP contribution in [-0.2, 0) is 6.54 Å². The van der Waals surface area contributed by atoms with Gasteiger partial charge in [-0.15, -0.1) is 11.3 Å². The summed E-state index contributed by atoms with van der Waals surface area (Å²) in [5.74, 6) is 1.22. The van der Waals surface area contributed by atoms with E-state index in [1.54, 1.807) is 0 Å². The van der Waals surface area contributed by atoms with E-state index < -0.39 is 0 Å². The standard InChI is InChI=1S/C19H22N2O3S/c1-13-15(7-8-21(13)11-14-5-3-2-4-6-14)20-19(22)18-17-16(12-25-18)23-9-10-24-17/h2-6,12-13,15H,7-11H2,1H3,(H,20,22). The van der Waals surface area contributed by atoms with Gasteiger partial charge >= 0.3 is 0 Å². The summed E-state index contributed by atoms with van der Waals surface area (Å²) in [5, 5.41) is 5.04. The van der Waals surface area contributed by atoms with Crippen LogP contribution in [0.1, 0.15) is 28.6 Å². The van der Waals surface area contributed by atoms with Crippen molar-refractivity contribution in [2.75, 3.05) is 19.8 Å². The number of rotatable bonds is 4. The van der Waals surface area contributed by atoms with Gasteiger partial charge in [0.15, 0.2) is 11.5 Å². The Labute approximate surface area is 151 Å². The van der Waals surface area contributed by atoms with Crippen LogP contribution < -0.4 is 14.8 Å². The Hall–Kier alpha value is -2.05. The molecule has 1 amide bonds. The van der Waals surface area contributed by atoms with Crippen LogP contribution in [-0.4, -0.2) is 42.6 Å². The van der Waals surface area contributed by atoms with Gasteiger partial charge in [0.2, 0.25) is 0 Å². The molecule has 1 saturated heterocycles. The number of ether oxygens (including phenoxy) is 2. The number of fused-ring (bicyclic) bond motifs is 1. The van der Waals surface area contributed by atoms with Crippen molar-refractivity contribution < 1.29 is 14.3 Å². The maximum atomic E-state index is 12.7.